The molecule has 0 spiro atoms. The third kappa shape index (κ3) is 3.38. The second kappa shape index (κ2) is 6.49. The molecule has 0 aliphatic carbocycles. The van der Waals surface area contributed by atoms with Gasteiger partial charge in [-0.1, -0.05) is 29.8 Å². The van der Waals surface area contributed by atoms with Gasteiger partial charge in [0.2, 0.25) is 0 Å². The predicted octanol–water partition coefficient (Wildman–Crippen LogP) is 2.89. The van der Waals surface area contributed by atoms with Crippen LogP contribution in [0.4, 0.5) is 0 Å². The fraction of sp³-hybridized carbons (Fsp3) is 0.125. The molecule has 1 aliphatic heterocycles. The number of halogens is 1. The zero-order valence-corrected chi connectivity index (χ0v) is 12.4. The number of hydrogen-bond donors (Lipinski definition) is 1. The number of aliphatic imine (C=N–C) groups is 1. The topological polar surface area (TPSA) is 67.2 Å². The van der Waals surface area contributed by atoms with Gasteiger partial charge in [-0.3, -0.25) is 9.79 Å². The zero-order chi connectivity index (χ0) is 15.4. The highest BCUT2D eigenvalue weighted by Gasteiger charge is 2.11. The van der Waals surface area contributed by atoms with Crippen molar-refractivity contribution in [3.05, 3.63) is 59.1 Å². The second-order valence-corrected chi connectivity index (χ2v) is 5.17. The van der Waals surface area contributed by atoms with Gasteiger partial charge in [-0.2, -0.15) is 0 Å². The first-order valence-corrected chi connectivity index (χ1v) is 7.19. The van der Waals surface area contributed by atoms with Gasteiger partial charge in [0.1, 0.15) is 12.0 Å². The first kappa shape index (κ1) is 14.4. The van der Waals surface area contributed by atoms with Crippen LogP contribution in [0.2, 0.25) is 5.02 Å². The number of nitrogens with zero attached hydrogens (tertiary/aromatic N) is 3. The van der Waals surface area contributed by atoms with Crippen molar-refractivity contribution in [2.24, 2.45) is 4.99 Å². The number of allylic oxidation sites excluding steroid dienone is 1. The molecule has 1 aromatic carbocycles. The Hall–Kier alpha value is -2.53. The van der Waals surface area contributed by atoms with E-state index in [9.17, 15) is 4.79 Å². The fourth-order valence-corrected chi connectivity index (χ4v) is 2.27. The molecule has 0 fully saturated rings. The fourth-order valence-electron chi connectivity index (χ4n) is 2.08. The Morgan fingerprint density at radius 2 is 2.14 bits per heavy atom. The maximum absolute atomic E-state index is 12.2. The molecule has 0 saturated carbocycles. The van der Waals surface area contributed by atoms with E-state index in [0.717, 1.165) is 18.5 Å². The van der Waals surface area contributed by atoms with E-state index in [4.69, 9.17) is 11.6 Å². The highest BCUT2D eigenvalue weighted by molar-refractivity contribution is 6.30. The van der Waals surface area contributed by atoms with Crippen LogP contribution >= 0.6 is 11.6 Å². The molecule has 0 radical (unpaired) electrons. The molecule has 6 heteroatoms. The Bertz CT molecular complexity index is 770. The summed E-state index contributed by atoms with van der Waals surface area (Å²) in [6.45, 7) is 0.756. The summed E-state index contributed by atoms with van der Waals surface area (Å²) in [5.74, 6) is -0.287. The molecule has 0 unspecified atom stereocenters. The lowest BCUT2D eigenvalue weighted by Gasteiger charge is -2.09. The molecule has 1 N–H and O–H groups in total. The van der Waals surface area contributed by atoms with E-state index in [1.165, 1.54) is 6.33 Å². The Kier molecular flexibility index (Phi) is 4.25. The molecular weight excluding hydrogens is 300 g/mol. The standard InChI is InChI=1S/C16H13ClN4O/c17-12-4-1-3-11(7-12)14-8-15(20-10-19-14)16(22)21-13-5-2-6-18-9-13/h1,3-5,7-10H,2,6H2,(H,21,22). The van der Waals surface area contributed by atoms with Crippen molar-refractivity contribution < 1.29 is 4.79 Å². The lowest BCUT2D eigenvalue weighted by molar-refractivity contribution is 0.0963. The lowest BCUT2D eigenvalue weighted by atomic mass is 10.1. The van der Waals surface area contributed by atoms with E-state index in [2.05, 4.69) is 20.3 Å². The predicted molar refractivity (Wildman–Crippen MR) is 86.0 cm³/mol. The number of benzene rings is 1. The molecule has 1 aliphatic rings. The number of nitrogens with one attached hydrogen (secondary N) is 1. The number of dihydropyridines is 1. The average molecular weight is 313 g/mol. The van der Waals surface area contributed by atoms with E-state index >= 15 is 0 Å². The smallest absolute Gasteiger partial charge is 0.274 e. The third-order valence-corrected chi connectivity index (χ3v) is 3.37. The Labute approximate surface area is 132 Å². The van der Waals surface area contributed by atoms with Gasteiger partial charge in [-0.05, 0) is 24.6 Å². The maximum atomic E-state index is 12.2. The zero-order valence-electron chi connectivity index (χ0n) is 11.7. The monoisotopic (exact) mass is 312 g/mol. The summed E-state index contributed by atoms with van der Waals surface area (Å²) in [5.41, 5.74) is 2.47. The number of carbonyl (C=O) groups is 1. The Morgan fingerprint density at radius 3 is 2.91 bits per heavy atom. The van der Waals surface area contributed by atoms with Gasteiger partial charge in [0.25, 0.3) is 5.91 Å². The van der Waals surface area contributed by atoms with Crippen molar-refractivity contribution in [2.45, 2.75) is 6.42 Å². The molecular formula is C16H13ClN4O. The molecule has 0 atom stereocenters. The number of amides is 1. The van der Waals surface area contributed by atoms with Crippen LogP contribution in [-0.2, 0) is 0 Å². The molecule has 0 bridgehead atoms. The van der Waals surface area contributed by atoms with Gasteiger partial charge in [-0.25, -0.2) is 9.97 Å². The quantitative estimate of drug-likeness (QED) is 0.947. The van der Waals surface area contributed by atoms with E-state index < -0.39 is 0 Å². The van der Waals surface area contributed by atoms with Crippen LogP contribution in [0, 0.1) is 0 Å². The van der Waals surface area contributed by atoms with Crippen molar-refractivity contribution in [2.75, 3.05) is 6.54 Å². The van der Waals surface area contributed by atoms with Gasteiger partial charge < -0.3 is 5.32 Å². The molecule has 5 nitrogen and oxygen atoms in total. The van der Waals surface area contributed by atoms with Crippen LogP contribution in [0.25, 0.3) is 11.3 Å². The van der Waals surface area contributed by atoms with Gasteiger partial charge in [0.05, 0.1) is 11.4 Å². The third-order valence-electron chi connectivity index (χ3n) is 3.13. The molecule has 110 valence electrons. The summed E-state index contributed by atoms with van der Waals surface area (Å²) >= 11 is 5.98. The minimum Gasteiger partial charge on any atom is -0.320 e. The molecule has 3 rings (SSSR count). The highest BCUT2D eigenvalue weighted by Crippen LogP contribution is 2.20. The molecule has 2 aromatic rings. The minimum absolute atomic E-state index is 0.287. The van der Waals surface area contributed by atoms with Crippen LogP contribution < -0.4 is 5.32 Å². The van der Waals surface area contributed by atoms with Gasteiger partial charge in [0.15, 0.2) is 0 Å². The van der Waals surface area contributed by atoms with Crippen LogP contribution in [0.1, 0.15) is 16.9 Å². The van der Waals surface area contributed by atoms with E-state index in [1.54, 1.807) is 24.4 Å². The minimum atomic E-state index is -0.287. The maximum Gasteiger partial charge on any atom is 0.274 e. The SMILES string of the molecule is O=C(NC1=CCCN=C1)c1cc(-c2cccc(Cl)c2)ncn1. The van der Waals surface area contributed by atoms with Crippen LogP contribution in [0.5, 0.6) is 0 Å². The van der Waals surface area contributed by atoms with Crippen molar-refractivity contribution in [1.29, 1.82) is 0 Å². The summed E-state index contributed by atoms with van der Waals surface area (Å²) < 4.78 is 0. The molecule has 1 amide bonds. The first-order chi connectivity index (χ1) is 10.7. The first-order valence-electron chi connectivity index (χ1n) is 6.82. The average Bonchev–Trinajstić information content (AvgIpc) is 2.56. The van der Waals surface area contributed by atoms with Crippen molar-refractivity contribution in [3.63, 3.8) is 0 Å². The molecule has 22 heavy (non-hydrogen) atoms. The van der Waals surface area contributed by atoms with Gasteiger partial charge >= 0.3 is 0 Å². The summed E-state index contributed by atoms with van der Waals surface area (Å²) in [4.78, 5) is 24.6. The van der Waals surface area contributed by atoms with E-state index in [-0.39, 0.29) is 5.91 Å². The van der Waals surface area contributed by atoms with Crippen LogP contribution in [-0.4, -0.2) is 28.6 Å². The molecule has 2 heterocycles. The number of carbonyl (C=O) groups excluding carboxylic acids is 1. The molecule has 1 aromatic heterocycles. The van der Waals surface area contributed by atoms with E-state index in [0.29, 0.717) is 22.1 Å². The Balaban J connectivity index is 1.83. The lowest BCUT2D eigenvalue weighted by Crippen LogP contribution is -2.25. The Morgan fingerprint density at radius 1 is 1.23 bits per heavy atom. The van der Waals surface area contributed by atoms with Gasteiger partial charge in [-0.15, -0.1) is 0 Å². The van der Waals surface area contributed by atoms with Gasteiger partial charge in [0, 0.05) is 23.3 Å². The number of hydrogen-bond acceptors (Lipinski definition) is 4. The summed E-state index contributed by atoms with van der Waals surface area (Å²) in [6.07, 6.45) is 5.78. The highest BCUT2D eigenvalue weighted by atomic mass is 35.5. The summed E-state index contributed by atoms with van der Waals surface area (Å²) in [6, 6.07) is 8.94. The summed E-state index contributed by atoms with van der Waals surface area (Å²) in [5, 5.41) is 3.40. The van der Waals surface area contributed by atoms with Crippen LogP contribution in [0.3, 0.4) is 0 Å². The van der Waals surface area contributed by atoms with Crippen molar-refractivity contribution >= 4 is 23.7 Å². The van der Waals surface area contributed by atoms with Crippen LogP contribution in [0.15, 0.2) is 53.4 Å². The largest absolute Gasteiger partial charge is 0.320 e. The summed E-state index contributed by atoms with van der Waals surface area (Å²) in [7, 11) is 0. The van der Waals surface area contributed by atoms with Crippen molar-refractivity contribution in [3.8, 4) is 11.3 Å². The van der Waals surface area contributed by atoms with E-state index in [1.807, 2.05) is 18.2 Å². The molecule has 0 saturated heterocycles. The number of rotatable bonds is 3. The number of aromatic nitrogens is 2. The second-order valence-electron chi connectivity index (χ2n) is 4.74. The normalized spacial score (nSPS) is 13.6. The van der Waals surface area contributed by atoms with Crippen molar-refractivity contribution in [1.82, 2.24) is 15.3 Å².